The van der Waals surface area contributed by atoms with Gasteiger partial charge in [-0.05, 0) is 47.5 Å². The minimum absolute atomic E-state index is 0.0839. The van der Waals surface area contributed by atoms with Crippen molar-refractivity contribution in [1.29, 1.82) is 5.26 Å². The van der Waals surface area contributed by atoms with Gasteiger partial charge in [0.2, 0.25) is 5.91 Å². The van der Waals surface area contributed by atoms with Crippen molar-refractivity contribution < 1.29 is 14.3 Å². The van der Waals surface area contributed by atoms with Gasteiger partial charge in [-0.3, -0.25) is 4.79 Å². The molecular formula is C16H28N4O3. The topological polar surface area (TPSA) is 94.5 Å². The van der Waals surface area contributed by atoms with Crippen molar-refractivity contribution >= 4 is 12.0 Å². The summed E-state index contributed by atoms with van der Waals surface area (Å²) < 4.78 is 5.18. The predicted octanol–water partition coefficient (Wildman–Crippen LogP) is 1.39. The van der Waals surface area contributed by atoms with Crippen LogP contribution in [0.15, 0.2) is 0 Å². The van der Waals surface area contributed by atoms with Crippen LogP contribution >= 0.6 is 0 Å². The van der Waals surface area contributed by atoms with Crippen molar-refractivity contribution in [3.63, 3.8) is 0 Å². The van der Waals surface area contributed by atoms with E-state index >= 15 is 0 Å². The highest BCUT2D eigenvalue weighted by atomic mass is 16.6. The molecule has 1 rings (SSSR count). The van der Waals surface area contributed by atoms with Gasteiger partial charge in [-0.1, -0.05) is 0 Å². The van der Waals surface area contributed by atoms with Crippen LogP contribution in [0.4, 0.5) is 4.79 Å². The Morgan fingerprint density at radius 2 is 1.96 bits per heavy atom. The highest BCUT2D eigenvalue weighted by Crippen LogP contribution is 2.16. The summed E-state index contributed by atoms with van der Waals surface area (Å²) in [6, 6.07) is 1.84. The molecule has 0 spiro atoms. The summed E-state index contributed by atoms with van der Waals surface area (Å²) in [7, 11) is 0. The molecular weight excluding hydrogens is 296 g/mol. The largest absolute Gasteiger partial charge is 0.444 e. The molecule has 0 bridgehead atoms. The molecule has 1 unspecified atom stereocenters. The van der Waals surface area contributed by atoms with Gasteiger partial charge in [-0.2, -0.15) is 5.26 Å². The van der Waals surface area contributed by atoms with Gasteiger partial charge in [0.15, 0.2) is 0 Å². The first-order chi connectivity index (χ1) is 10.5. The lowest BCUT2D eigenvalue weighted by Gasteiger charge is -2.29. The van der Waals surface area contributed by atoms with E-state index < -0.39 is 17.2 Å². The molecule has 1 aliphatic heterocycles. The number of likely N-dealkylation sites (tertiary alicyclic amines) is 1. The number of hydrogen-bond acceptors (Lipinski definition) is 5. The first kappa shape index (κ1) is 19.2. The summed E-state index contributed by atoms with van der Waals surface area (Å²) in [6.07, 6.45) is 1.13. The number of alkyl carbamates (subject to hydrolysis) is 1. The van der Waals surface area contributed by atoms with Crippen molar-refractivity contribution in [1.82, 2.24) is 15.5 Å². The van der Waals surface area contributed by atoms with E-state index in [2.05, 4.69) is 16.7 Å². The van der Waals surface area contributed by atoms with E-state index in [-0.39, 0.29) is 18.5 Å². The average molecular weight is 324 g/mol. The summed E-state index contributed by atoms with van der Waals surface area (Å²) >= 11 is 0. The molecule has 1 heterocycles. The van der Waals surface area contributed by atoms with Crippen molar-refractivity contribution in [2.75, 3.05) is 19.6 Å². The van der Waals surface area contributed by atoms with Gasteiger partial charge in [-0.15, -0.1) is 0 Å². The summed E-state index contributed by atoms with van der Waals surface area (Å²) in [5, 5.41) is 14.8. The van der Waals surface area contributed by atoms with E-state index in [9.17, 15) is 9.59 Å². The Morgan fingerprint density at radius 1 is 1.30 bits per heavy atom. The van der Waals surface area contributed by atoms with Gasteiger partial charge in [0.05, 0.1) is 12.6 Å². The maximum atomic E-state index is 12.2. The van der Waals surface area contributed by atoms with Gasteiger partial charge in [0.1, 0.15) is 11.6 Å². The number of carbonyl (C=O) groups is 2. The Hall–Kier alpha value is -1.81. The van der Waals surface area contributed by atoms with E-state index in [0.717, 1.165) is 12.8 Å². The third kappa shape index (κ3) is 6.87. The fraction of sp³-hybridized carbons (Fsp3) is 0.812. The molecule has 130 valence electrons. The molecule has 1 saturated heterocycles. The Labute approximate surface area is 138 Å². The van der Waals surface area contributed by atoms with Gasteiger partial charge in [0.25, 0.3) is 0 Å². The fourth-order valence-corrected chi connectivity index (χ4v) is 2.29. The molecule has 0 aromatic heterocycles. The lowest BCUT2D eigenvalue weighted by atomic mass is 10.1. The van der Waals surface area contributed by atoms with E-state index in [0.29, 0.717) is 13.1 Å². The SMILES string of the molecule is CC(C)(CNC(=O)OC(C)(C)C)NCC(=O)N1CCCC1C#N. The van der Waals surface area contributed by atoms with E-state index in [1.165, 1.54) is 0 Å². The number of carbonyl (C=O) groups excluding carboxylic acids is 2. The molecule has 2 amide bonds. The van der Waals surface area contributed by atoms with Crippen LogP contribution in [-0.2, 0) is 9.53 Å². The first-order valence-electron chi connectivity index (χ1n) is 7.95. The molecule has 0 saturated carbocycles. The van der Waals surface area contributed by atoms with Crippen molar-refractivity contribution in [3.05, 3.63) is 0 Å². The zero-order valence-electron chi connectivity index (χ0n) is 14.7. The molecule has 23 heavy (non-hydrogen) atoms. The third-order valence-corrected chi connectivity index (χ3v) is 3.51. The molecule has 0 aromatic rings. The van der Waals surface area contributed by atoms with Crippen LogP contribution in [0.3, 0.4) is 0 Å². The fourth-order valence-electron chi connectivity index (χ4n) is 2.29. The van der Waals surface area contributed by atoms with Crippen LogP contribution in [0.5, 0.6) is 0 Å². The molecule has 1 atom stereocenters. The number of nitrogens with one attached hydrogen (secondary N) is 2. The maximum absolute atomic E-state index is 12.2. The molecule has 7 heteroatoms. The average Bonchev–Trinajstić information content (AvgIpc) is 2.89. The van der Waals surface area contributed by atoms with Crippen LogP contribution in [0.25, 0.3) is 0 Å². The molecule has 7 nitrogen and oxygen atoms in total. The number of amides is 2. The highest BCUT2D eigenvalue weighted by Gasteiger charge is 2.29. The minimum atomic E-state index is -0.542. The zero-order valence-corrected chi connectivity index (χ0v) is 14.7. The van der Waals surface area contributed by atoms with Crippen LogP contribution in [0.1, 0.15) is 47.5 Å². The molecule has 1 fully saturated rings. The summed E-state index contributed by atoms with van der Waals surface area (Å²) in [6.45, 7) is 10.3. The van der Waals surface area contributed by atoms with Crippen LogP contribution in [-0.4, -0.2) is 53.7 Å². The number of nitriles is 1. The number of nitrogens with zero attached hydrogens (tertiary/aromatic N) is 2. The standard InChI is InChI=1S/C16H28N4O3/c1-15(2,3)23-14(22)18-11-16(4,5)19-10-13(21)20-8-6-7-12(20)9-17/h12,19H,6-8,10-11H2,1-5H3,(H,18,22). The Kier molecular flexibility index (Phi) is 6.39. The summed E-state index contributed by atoms with van der Waals surface area (Å²) in [5.41, 5.74) is -1.01. The molecule has 1 aliphatic rings. The monoisotopic (exact) mass is 324 g/mol. The number of rotatable bonds is 5. The van der Waals surface area contributed by atoms with E-state index in [4.69, 9.17) is 10.00 Å². The normalized spacial score (nSPS) is 18.4. The molecule has 0 aliphatic carbocycles. The number of hydrogen-bond donors (Lipinski definition) is 2. The van der Waals surface area contributed by atoms with Gasteiger partial charge < -0.3 is 20.3 Å². The summed E-state index contributed by atoms with van der Waals surface area (Å²) in [4.78, 5) is 25.5. The Morgan fingerprint density at radius 3 is 2.52 bits per heavy atom. The molecule has 0 radical (unpaired) electrons. The molecule has 2 N–H and O–H groups in total. The van der Waals surface area contributed by atoms with Gasteiger partial charge in [-0.25, -0.2) is 4.79 Å². The van der Waals surface area contributed by atoms with Crippen LogP contribution < -0.4 is 10.6 Å². The second kappa shape index (κ2) is 7.64. The highest BCUT2D eigenvalue weighted by molar-refractivity contribution is 5.79. The van der Waals surface area contributed by atoms with Crippen molar-refractivity contribution in [2.45, 2.75) is 64.6 Å². The van der Waals surface area contributed by atoms with Crippen LogP contribution in [0, 0.1) is 11.3 Å². The lowest BCUT2D eigenvalue weighted by molar-refractivity contribution is -0.130. The maximum Gasteiger partial charge on any atom is 0.407 e. The van der Waals surface area contributed by atoms with Crippen molar-refractivity contribution in [2.24, 2.45) is 0 Å². The van der Waals surface area contributed by atoms with Gasteiger partial charge in [0, 0.05) is 18.6 Å². The minimum Gasteiger partial charge on any atom is -0.444 e. The Bertz CT molecular complexity index is 477. The second-order valence-corrected chi connectivity index (χ2v) is 7.47. The third-order valence-electron chi connectivity index (χ3n) is 3.51. The summed E-state index contributed by atoms with van der Waals surface area (Å²) in [5.74, 6) is -0.0839. The predicted molar refractivity (Wildman–Crippen MR) is 86.7 cm³/mol. The Balaban J connectivity index is 2.39. The van der Waals surface area contributed by atoms with Crippen molar-refractivity contribution in [3.8, 4) is 6.07 Å². The van der Waals surface area contributed by atoms with E-state index in [1.54, 1.807) is 25.7 Å². The molecule has 0 aromatic carbocycles. The zero-order chi connectivity index (χ0) is 17.7. The second-order valence-electron chi connectivity index (χ2n) is 7.47. The van der Waals surface area contributed by atoms with E-state index in [1.807, 2.05) is 13.8 Å². The van der Waals surface area contributed by atoms with Crippen LogP contribution in [0.2, 0.25) is 0 Å². The smallest absolute Gasteiger partial charge is 0.407 e. The van der Waals surface area contributed by atoms with Gasteiger partial charge >= 0.3 is 6.09 Å². The number of ether oxygens (including phenoxy) is 1. The lowest BCUT2D eigenvalue weighted by Crippen LogP contribution is -2.53. The first-order valence-corrected chi connectivity index (χ1v) is 7.95. The quantitative estimate of drug-likeness (QED) is 0.797.